The molecule has 230 valence electrons. The molecule has 0 saturated heterocycles. The summed E-state index contributed by atoms with van der Waals surface area (Å²) >= 11 is 0. The Bertz CT molecular complexity index is 1860. The van der Waals surface area contributed by atoms with Gasteiger partial charge in [0.25, 0.3) is 0 Å². The van der Waals surface area contributed by atoms with Gasteiger partial charge in [0.1, 0.15) is 0 Å². The number of aliphatic imine (C=N–C) groups is 1. The van der Waals surface area contributed by atoms with E-state index in [2.05, 4.69) is 148 Å². The second-order valence-corrected chi connectivity index (χ2v) is 14.9. The summed E-state index contributed by atoms with van der Waals surface area (Å²) in [6, 6.07) is 40.2. The molecule has 0 N–H and O–H groups in total. The number of hydrogen-bond acceptors (Lipinski definition) is 4. The molecule has 0 aliphatic heterocycles. The zero-order valence-corrected chi connectivity index (χ0v) is 27.3. The quantitative estimate of drug-likeness (QED) is 0.182. The first-order valence-electron chi connectivity index (χ1n) is 16.8. The van der Waals surface area contributed by atoms with Crippen molar-refractivity contribution in [2.45, 2.75) is 59.3 Å². The predicted molar refractivity (Wildman–Crippen MR) is 190 cm³/mol. The average molecular weight is 603 g/mol. The van der Waals surface area contributed by atoms with Crippen LogP contribution < -0.4 is 4.90 Å². The first-order valence-corrected chi connectivity index (χ1v) is 16.8. The summed E-state index contributed by atoms with van der Waals surface area (Å²) in [6.45, 7) is 10.0. The van der Waals surface area contributed by atoms with E-state index in [1.807, 2.05) is 6.21 Å². The highest BCUT2D eigenvalue weighted by Crippen LogP contribution is 2.77. The summed E-state index contributed by atoms with van der Waals surface area (Å²) < 4.78 is 0. The molecule has 1 spiro atoms. The standard InChI is InChI=1S/C42H42N4/c1-40(2)27-35-36(30-14-8-5-9-15-30)44-39(45-37(35)38-41(3,4)31-24-25-42(38,40)26-31)43-28-29-20-22-34(23-21-29)46(32-16-10-6-11-17-32)33-18-12-7-13-19-33/h5-23,28,31,38H,24-27H2,1-4H3/b43-28+. The summed E-state index contributed by atoms with van der Waals surface area (Å²) in [5, 5.41) is 0. The van der Waals surface area contributed by atoms with Crippen LogP contribution >= 0.6 is 0 Å². The van der Waals surface area contributed by atoms with Gasteiger partial charge in [-0.3, -0.25) is 0 Å². The van der Waals surface area contributed by atoms with E-state index in [4.69, 9.17) is 15.0 Å². The van der Waals surface area contributed by atoms with Crippen LogP contribution in [0.4, 0.5) is 23.0 Å². The van der Waals surface area contributed by atoms with E-state index in [0.29, 0.717) is 11.9 Å². The molecule has 2 fully saturated rings. The first-order chi connectivity index (χ1) is 22.3. The smallest absolute Gasteiger partial charge is 0.250 e. The highest BCUT2D eigenvalue weighted by Gasteiger charge is 2.69. The zero-order chi connectivity index (χ0) is 31.5. The van der Waals surface area contributed by atoms with Gasteiger partial charge in [0, 0.05) is 40.3 Å². The Morgan fingerprint density at radius 1 is 0.717 bits per heavy atom. The third-order valence-electron chi connectivity index (χ3n) is 11.7. The van der Waals surface area contributed by atoms with Crippen molar-refractivity contribution in [3.63, 3.8) is 0 Å². The molecule has 2 saturated carbocycles. The van der Waals surface area contributed by atoms with Gasteiger partial charge in [-0.1, -0.05) is 107 Å². The van der Waals surface area contributed by atoms with E-state index in [-0.39, 0.29) is 16.2 Å². The molecular weight excluding hydrogens is 560 g/mol. The maximum Gasteiger partial charge on any atom is 0.250 e. The van der Waals surface area contributed by atoms with Crippen molar-refractivity contribution in [3.8, 4) is 11.3 Å². The Balaban J connectivity index is 1.18. The van der Waals surface area contributed by atoms with Crippen molar-refractivity contribution in [1.29, 1.82) is 0 Å². The van der Waals surface area contributed by atoms with Crippen molar-refractivity contribution in [1.82, 2.24) is 9.97 Å². The van der Waals surface area contributed by atoms with Gasteiger partial charge in [0.05, 0.1) is 11.4 Å². The fourth-order valence-corrected chi connectivity index (χ4v) is 9.40. The van der Waals surface area contributed by atoms with Gasteiger partial charge in [-0.05, 0) is 89.8 Å². The van der Waals surface area contributed by atoms with E-state index in [9.17, 15) is 0 Å². The molecular formula is C42H42N4. The van der Waals surface area contributed by atoms with Crippen LogP contribution in [0, 0.1) is 22.2 Å². The fraction of sp³-hybridized carbons (Fsp3) is 0.310. The highest BCUT2D eigenvalue weighted by molar-refractivity contribution is 5.84. The lowest BCUT2D eigenvalue weighted by atomic mass is 9.48. The minimum absolute atomic E-state index is 0.194. The van der Waals surface area contributed by atoms with Crippen LogP contribution in [0.3, 0.4) is 0 Å². The van der Waals surface area contributed by atoms with E-state index in [1.54, 1.807) is 0 Å². The molecule has 3 aliphatic carbocycles. The molecule has 4 aromatic carbocycles. The second-order valence-electron chi connectivity index (χ2n) is 14.9. The minimum atomic E-state index is 0.194. The second kappa shape index (κ2) is 10.8. The molecule has 4 heteroatoms. The van der Waals surface area contributed by atoms with Crippen LogP contribution in [0.15, 0.2) is 120 Å². The van der Waals surface area contributed by atoms with Crippen LogP contribution in [-0.2, 0) is 6.42 Å². The molecule has 5 aromatic rings. The lowest BCUT2D eigenvalue weighted by Crippen LogP contribution is -2.49. The van der Waals surface area contributed by atoms with Crippen LogP contribution in [0.25, 0.3) is 11.3 Å². The number of nitrogens with zero attached hydrogens (tertiary/aromatic N) is 4. The van der Waals surface area contributed by atoms with E-state index in [0.717, 1.165) is 46.2 Å². The van der Waals surface area contributed by atoms with Gasteiger partial charge in [-0.2, -0.15) is 0 Å². The third kappa shape index (κ3) is 4.53. The van der Waals surface area contributed by atoms with Crippen molar-refractivity contribution in [2.24, 2.45) is 27.2 Å². The third-order valence-corrected chi connectivity index (χ3v) is 11.7. The molecule has 0 amide bonds. The number of benzene rings is 4. The molecule has 3 unspecified atom stereocenters. The van der Waals surface area contributed by atoms with E-state index >= 15 is 0 Å². The molecule has 46 heavy (non-hydrogen) atoms. The maximum atomic E-state index is 5.34. The lowest BCUT2D eigenvalue weighted by molar-refractivity contribution is 0.00282. The normalized spacial score (nSPS) is 23.7. The Hall–Kier alpha value is -4.57. The van der Waals surface area contributed by atoms with Gasteiger partial charge >= 0.3 is 0 Å². The molecule has 0 radical (unpaired) electrons. The van der Waals surface area contributed by atoms with E-state index in [1.165, 1.54) is 30.5 Å². The molecule has 2 bridgehead atoms. The lowest BCUT2D eigenvalue weighted by Gasteiger charge is -2.55. The molecule has 1 aromatic heterocycles. The Labute approximate surface area is 273 Å². The Morgan fingerprint density at radius 3 is 1.93 bits per heavy atom. The van der Waals surface area contributed by atoms with Crippen molar-refractivity contribution in [2.75, 3.05) is 4.90 Å². The van der Waals surface area contributed by atoms with Crippen molar-refractivity contribution >= 4 is 29.2 Å². The van der Waals surface area contributed by atoms with Gasteiger partial charge in [0.15, 0.2) is 0 Å². The molecule has 3 aliphatic rings. The maximum absolute atomic E-state index is 5.34. The highest BCUT2D eigenvalue weighted by atomic mass is 15.1. The van der Waals surface area contributed by atoms with Crippen LogP contribution in [0.5, 0.6) is 0 Å². The Kier molecular flexibility index (Phi) is 6.75. The van der Waals surface area contributed by atoms with E-state index < -0.39 is 0 Å². The Morgan fingerprint density at radius 2 is 1.30 bits per heavy atom. The van der Waals surface area contributed by atoms with Crippen LogP contribution in [-0.4, -0.2) is 16.2 Å². The van der Waals surface area contributed by atoms with Gasteiger partial charge in [0.2, 0.25) is 5.95 Å². The molecule has 3 atom stereocenters. The minimum Gasteiger partial charge on any atom is -0.311 e. The molecule has 1 heterocycles. The molecule has 4 nitrogen and oxygen atoms in total. The van der Waals surface area contributed by atoms with Gasteiger partial charge in [-0.25, -0.2) is 15.0 Å². The monoisotopic (exact) mass is 602 g/mol. The predicted octanol–water partition coefficient (Wildman–Crippen LogP) is 10.9. The summed E-state index contributed by atoms with van der Waals surface area (Å²) in [5.41, 5.74) is 9.83. The van der Waals surface area contributed by atoms with Gasteiger partial charge in [-0.15, -0.1) is 0 Å². The number of aromatic nitrogens is 2. The fourth-order valence-electron chi connectivity index (χ4n) is 9.40. The van der Waals surface area contributed by atoms with Crippen LogP contribution in [0.2, 0.25) is 0 Å². The first kappa shape index (κ1) is 28.9. The van der Waals surface area contributed by atoms with Crippen molar-refractivity contribution < 1.29 is 0 Å². The number of para-hydroxylation sites is 2. The average Bonchev–Trinajstić information content (AvgIpc) is 3.63. The van der Waals surface area contributed by atoms with Gasteiger partial charge < -0.3 is 4.90 Å². The number of hydrogen-bond donors (Lipinski definition) is 0. The largest absolute Gasteiger partial charge is 0.311 e. The number of rotatable bonds is 6. The number of fused-ring (bicyclic) bond motifs is 3. The molecule has 8 rings (SSSR count). The zero-order valence-electron chi connectivity index (χ0n) is 27.3. The summed E-state index contributed by atoms with van der Waals surface area (Å²) in [7, 11) is 0. The topological polar surface area (TPSA) is 41.4 Å². The summed E-state index contributed by atoms with van der Waals surface area (Å²) in [5.74, 6) is 1.72. The van der Waals surface area contributed by atoms with Crippen molar-refractivity contribution in [3.05, 3.63) is 132 Å². The SMILES string of the molecule is CC1(C)C2CCC3(C2)C1c1nc(/N=C/c2ccc(N(c4ccccc4)c4ccccc4)cc2)nc(-c2ccccc2)c1CC3(C)C. The number of anilines is 3. The summed E-state index contributed by atoms with van der Waals surface area (Å²) in [6.07, 6.45) is 6.89. The summed E-state index contributed by atoms with van der Waals surface area (Å²) in [4.78, 5) is 17.7. The van der Waals surface area contributed by atoms with Crippen LogP contribution in [0.1, 0.15) is 69.7 Å².